The fraction of sp³-hybridized carbons (Fsp3) is 0.467. The van der Waals surface area contributed by atoms with Gasteiger partial charge in [0.25, 0.3) is 0 Å². The molecule has 1 atom stereocenters. The molecule has 1 aliphatic heterocycles. The molecule has 108 valence electrons. The average molecular weight is 276 g/mol. The molecule has 5 nitrogen and oxygen atoms in total. The number of nitrogens with two attached hydrogens (primary N) is 1. The summed E-state index contributed by atoms with van der Waals surface area (Å²) in [5, 5.41) is 0. The van der Waals surface area contributed by atoms with Crippen LogP contribution in [0.4, 0.5) is 0 Å². The van der Waals surface area contributed by atoms with E-state index in [0.717, 1.165) is 18.6 Å². The molecule has 1 saturated heterocycles. The first kappa shape index (κ1) is 14.4. The van der Waals surface area contributed by atoms with Crippen LogP contribution in [0.1, 0.15) is 19.3 Å². The molecule has 1 aliphatic rings. The van der Waals surface area contributed by atoms with Crippen LogP contribution in [0.2, 0.25) is 0 Å². The number of carbonyl (C=O) groups is 2. The van der Waals surface area contributed by atoms with Crippen LogP contribution in [0.15, 0.2) is 30.3 Å². The highest BCUT2D eigenvalue weighted by Gasteiger charge is 2.26. The minimum Gasteiger partial charge on any atom is -0.493 e. The van der Waals surface area contributed by atoms with Gasteiger partial charge in [-0.25, -0.2) is 0 Å². The lowest BCUT2D eigenvalue weighted by molar-refractivity contribution is -0.135. The quantitative estimate of drug-likeness (QED) is 0.877. The van der Waals surface area contributed by atoms with Crippen molar-refractivity contribution in [2.45, 2.75) is 19.3 Å². The van der Waals surface area contributed by atoms with E-state index in [2.05, 4.69) is 0 Å². The molecule has 0 aromatic heterocycles. The standard InChI is InChI=1S/C15H20N2O3/c16-15(19)12-5-4-9-17(11-12)14(18)8-10-20-13-6-2-1-3-7-13/h1-3,6-7,12H,4-5,8-11H2,(H2,16,19). The molecule has 0 radical (unpaired) electrons. The van der Waals surface area contributed by atoms with Crippen molar-refractivity contribution in [3.8, 4) is 5.75 Å². The molecule has 1 aromatic carbocycles. The lowest BCUT2D eigenvalue weighted by atomic mass is 9.97. The predicted octanol–water partition coefficient (Wildman–Crippen LogP) is 1.18. The molecule has 1 unspecified atom stereocenters. The van der Waals surface area contributed by atoms with E-state index in [1.54, 1.807) is 4.90 Å². The summed E-state index contributed by atoms with van der Waals surface area (Å²) in [5.74, 6) is 0.256. The lowest BCUT2D eigenvalue weighted by Crippen LogP contribution is -2.44. The second-order valence-electron chi connectivity index (χ2n) is 4.99. The highest BCUT2D eigenvalue weighted by atomic mass is 16.5. The minimum atomic E-state index is -0.317. The Hall–Kier alpha value is -2.04. The number of piperidine rings is 1. The predicted molar refractivity (Wildman–Crippen MR) is 75.1 cm³/mol. The number of hydrogen-bond donors (Lipinski definition) is 1. The maximum atomic E-state index is 12.1. The van der Waals surface area contributed by atoms with Gasteiger partial charge in [-0.1, -0.05) is 18.2 Å². The van der Waals surface area contributed by atoms with E-state index < -0.39 is 0 Å². The summed E-state index contributed by atoms with van der Waals surface area (Å²) in [6.45, 7) is 1.49. The zero-order valence-corrected chi connectivity index (χ0v) is 11.5. The van der Waals surface area contributed by atoms with Gasteiger partial charge in [-0.2, -0.15) is 0 Å². The highest BCUT2D eigenvalue weighted by Crippen LogP contribution is 2.17. The monoisotopic (exact) mass is 276 g/mol. The Morgan fingerprint density at radius 3 is 2.75 bits per heavy atom. The summed E-state index contributed by atoms with van der Waals surface area (Å²) >= 11 is 0. The molecule has 0 saturated carbocycles. The summed E-state index contributed by atoms with van der Waals surface area (Å²) in [7, 11) is 0. The number of amides is 2. The summed E-state index contributed by atoms with van der Waals surface area (Å²) in [4.78, 5) is 24.9. The zero-order valence-electron chi connectivity index (χ0n) is 11.5. The number of ether oxygens (including phenoxy) is 1. The van der Waals surface area contributed by atoms with Crippen molar-refractivity contribution in [1.29, 1.82) is 0 Å². The molecule has 0 aliphatic carbocycles. The number of benzene rings is 1. The number of hydrogen-bond acceptors (Lipinski definition) is 3. The molecule has 20 heavy (non-hydrogen) atoms. The van der Waals surface area contributed by atoms with Gasteiger partial charge >= 0.3 is 0 Å². The number of rotatable bonds is 5. The Morgan fingerprint density at radius 2 is 2.05 bits per heavy atom. The van der Waals surface area contributed by atoms with Crippen molar-refractivity contribution < 1.29 is 14.3 Å². The molecule has 1 aromatic rings. The van der Waals surface area contributed by atoms with Crippen molar-refractivity contribution >= 4 is 11.8 Å². The molecule has 1 fully saturated rings. The Bertz CT molecular complexity index is 461. The second kappa shape index (κ2) is 6.93. The third-order valence-electron chi connectivity index (χ3n) is 3.50. The molecule has 0 bridgehead atoms. The van der Waals surface area contributed by atoms with Crippen LogP contribution in [-0.2, 0) is 9.59 Å². The van der Waals surface area contributed by atoms with Crippen molar-refractivity contribution in [2.24, 2.45) is 11.7 Å². The fourth-order valence-electron chi connectivity index (χ4n) is 2.37. The normalized spacial score (nSPS) is 18.6. The van der Waals surface area contributed by atoms with Crippen LogP contribution in [0.3, 0.4) is 0 Å². The van der Waals surface area contributed by atoms with Gasteiger partial charge < -0.3 is 15.4 Å². The number of nitrogens with zero attached hydrogens (tertiary/aromatic N) is 1. The Morgan fingerprint density at radius 1 is 1.30 bits per heavy atom. The first-order valence-corrected chi connectivity index (χ1v) is 6.92. The third kappa shape index (κ3) is 3.98. The Labute approximate surface area is 118 Å². The molecule has 5 heteroatoms. The zero-order chi connectivity index (χ0) is 14.4. The highest BCUT2D eigenvalue weighted by molar-refractivity contribution is 5.80. The van der Waals surface area contributed by atoms with Crippen molar-refractivity contribution in [2.75, 3.05) is 19.7 Å². The maximum Gasteiger partial charge on any atom is 0.226 e. The van der Waals surface area contributed by atoms with E-state index in [1.165, 1.54) is 0 Å². The molecule has 2 amide bonds. The average Bonchev–Trinajstić information content (AvgIpc) is 2.48. The smallest absolute Gasteiger partial charge is 0.226 e. The number of para-hydroxylation sites is 1. The third-order valence-corrected chi connectivity index (χ3v) is 3.50. The van der Waals surface area contributed by atoms with Gasteiger partial charge in [0.1, 0.15) is 5.75 Å². The van der Waals surface area contributed by atoms with E-state index in [-0.39, 0.29) is 17.7 Å². The van der Waals surface area contributed by atoms with Crippen LogP contribution >= 0.6 is 0 Å². The Balaban J connectivity index is 1.75. The number of carbonyl (C=O) groups excluding carboxylic acids is 2. The van der Waals surface area contributed by atoms with Gasteiger partial charge in [0, 0.05) is 13.1 Å². The van der Waals surface area contributed by atoms with E-state index >= 15 is 0 Å². The summed E-state index contributed by atoms with van der Waals surface area (Å²) < 4.78 is 5.50. The van der Waals surface area contributed by atoms with Crippen LogP contribution in [-0.4, -0.2) is 36.4 Å². The van der Waals surface area contributed by atoms with Crippen LogP contribution in [0.5, 0.6) is 5.75 Å². The van der Waals surface area contributed by atoms with Gasteiger partial charge in [0.05, 0.1) is 18.9 Å². The van der Waals surface area contributed by atoms with E-state index in [1.807, 2.05) is 30.3 Å². The molecule has 0 spiro atoms. The lowest BCUT2D eigenvalue weighted by Gasteiger charge is -2.31. The molecule has 2 rings (SSSR count). The number of likely N-dealkylation sites (tertiary alicyclic amines) is 1. The second-order valence-corrected chi connectivity index (χ2v) is 4.99. The fourth-order valence-corrected chi connectivity index (χ4v) is 2.37. The summed E-state index contributed by atoms with van der Waals surface area (Å²) in [6, 6.07) is 9.40. The molecular formula is C15H20N2O3. The largest absolute Gasteiger partial charge is 0.493 e. The van der Waals surface area contributed by atoms with Crippen LogP contribution in [0.25, 0.3) is 0 Å². The van der Waals surface area contributed by atoms with Crippen molar-refractivity contribution in [3.63, 3.8) is 0 Å². The van der Waals surface area contributed by atoms with Crippen molar-refractivity contribution in [3.05, 3.63) is 30.3 Å². The molecule has 2 N–H and O–H groups in total. The van der Waals surface area contributed by atoms with E-state index in [0.29, 0.717) is 26.1 Å². The topological polar surface area (TPSA) is 72.6 Å². The van der Waals surface area contributed by atoms with E-state index in [9.17, 15) is 9.59 Å². The first-order valence-electron chi connectivity index (χ1n) is 6.92. The van der Waals surface area contributed by atoms with Gasteiger partial charge in [0.2, 0.25) is 11.8 Å². The van der Waals surface area contributed by atoms with Gasteiger partial charge in [0.15, 0.2) is 0 Å². The van der Waals surface area contributed by atoms with E-state index in [4.69, 9.17) is 10.5 Å². The number of primary amides is 1. The maximum absolute atomic E-state index is 12.1. The van der Waals surface area contributed by atoms with Gasteiger partial charge in [-0.05, 0) is 25.0 Å². The van der Waals surface area contributed by atoms with Gasteiger partial charge in [-0.15, -0.1) is 0 Å². The SMILES string of the molecule is NC(=O)C1CCCN(C(=O)CCOc2ccccc2)C1. The molecular weight excluding hydrogens is 256 g/mol. The molecule has 1 heterocycles. The van der Waals surface area contributed by atoms with Crippen LogP contribution in [0, 0.1) is 5.92 Å². The van der Waals surface area contributed by atoms with Gasteiger partial charge in [-0.3, -0.25) is 9.59 Å². The Kier molecular flexibility index (Phi) is 4.98. The minimum absolute atomic E-state index is 0.0203. The van der Waals surface area contributed by atoms with Crippen LogP contribution < -0.4 is 10.5 Å². The first-order chi connectivity index (χ1) is 9.66. The van der Waals surface area contributed by atoms with Crippen molar-refractivity contribution in [1.82, 2.24) is 4.90 Å². The summed E-state index contributed by atoms with van der Waals surface area (Å²) in [6.07, 6.45) is 1.93. The summed E-state index contributed by atoms with van der Waals surface area (Å²) in [5.41, 5.74) is 5.30.